The molecule has 0 N–H and O–H groups in total. The average molecular weight is 232 g/mol. The molecule has 0 saturated carbocycles. The molecule has 94 valence electrons. The lowest BCUT2D eigenvalue weighted by Crippen LogP contribution is -2.47. The fraction of sp³-hybridized carbons (Fsp3) is 1.00. The maximum absolute atomic E-state index is 7.82. The summed E-state index contributed by atoms with van der Waals surface area (Å²) in [5.74, 6) is 0. The predicted molar refractivity (Wildman–Crippen MR) is 59.5 cm³/mol. The van der Waals surface area contributed by atoms with Crippen LogP contribution in [0.15, 0.2) is 0 Å². The van der Waals surface area contributed by atoms with Gasteiger partial charge in [0.05, 0.1) is 33.4 Å². The van der Waals surface area contributed by atoms with E-state index in [1.165, 1.54) is 0 Å². The molecule has 4 heteroatoms. The average Bonchev–Trinajstić information content (AvgIpc) is 2.67. The first kappa shape index (κ1) is 11.0. The van der Waals surface area contributed by atoms with Crippen LogP contribution in [-0.2, 0) is 18.9 Å². The van der Waals surface area contributed by atoms with E-state index in [4.69, 9.17) is 20.3 Å². The second-order valence-corrected chi connectivity index (χ2v) is 5.06. The maximum atomic E-state index is 7.82. The summed E-state index contributed by atoms with van der Waals surface area (Å²) in [6, 6.07) is 0. The fourth-order valence-corrected chi connectivity index (χ4v) is 2.08. The van der Waals surface area contributed by atoms with Crippen molar-refractivity contribution in [2.45, 2.75) is 57.7 Å². The summed E-state index contributed by atoms with van der Waals surface area (Å²) >= 11 is 0. The summed E-state index contributed by atoms with van der Waals surface area (Å²) in [6.07, 6.45) is -0.245. The van der Waals surface area contributed by atoms with Gasteiger partial charge in [-0.3, -0.25) is 0 Å². The molecule has 0 radical (unpaired) electrons. The number of fused-ring (bicyclic) bond motifs is 2. The van der Waals surface area contributed by atoms with Crippen molar-refractivity contribution in [1.82, 2.24) is 0 Å². The highest BCUT2D eigenvalue weighted by molar-refractivity contribution is 5.05. The Hall–Kier alpha value is -0.160. The molecule has 0 aliphatic carbocycles. The third-order valence-electron chi connectivity index (χ3n) is 2.85. The monoisotopic (exact) mass is 232 g/mol. The van der Waals surface area contributed by atoms with Crippen molar-refractivity contribution in [3.8, 4) is 0 Å². The molecule has 1 unspecified atom stereocenters. The number of ether oxygens (including phenoxy) is 4. The van der Waals surface area contributed by atoms with E-state index in [-0.39, 0.29) is 24.4 Å². The molecule has 2 aliphatic rings. The van der Waals surface area contributed by atoms with Crippen LogP contribution in [0.1, 0.15) is 29.1 Å². The minimum Gasteiger partial charge on any atom is -0.376 e. The van der Waals surface area contributed by atoms with Crippen LogP contribution in [0.5, 0.6) is 0 Å². The zero-order valence-electron chi connectivity index (χ0n) is 11.4. The minimum atomic E-state index is -0.664. The third-order valence-corrected chi connectivity index (χ3v) is 2.85. The van der Waals surface area contributed by atoms with Gasteiger partial charge in [0.2, 0.25) is 0 Å². The SMILES string of the molecule is [3H][C@@H]1O[C@]2(COC(C)C)CO[C@H]1C2OC(C)C. The van der Waals surface area contributed by atoms with Crippen LogP contribution in [0.3, 0.4) is 0 Å². The van der Waals surface area contributed by atoms with E-state index in [9.17, 15) is 0 Å². The molecule has 0 aromatic heterocycles. The Kier molecular flexibility index (Phi) is 3.16. The Morgan fingerprint density at radius 2 is 2.12 bits per heavy atom. The molecular weight excluding hydrogens is 208 g/mol. The largest absolute Gasteiger partial charge is 0.376 e. The van der Waals surface area contributed by atoms with Crippen LogP contribution >= 0.6 is 0 Å². The van der Waals surface area contributed by atoms with Crippen molar-refractivity contribution >= 4 is 0 Å². The molecule has 2 aliphatic heterocycles. The van der Waals surface area contributed by atoms with Gasteiger partial charge in [0.15, 0.2) is 0 Å². The third kappa shape index (κ3) is 2.25. The van der Waals surface area contributed by atoms with Crippen molar-refractivity contribution in [3.05, 3.63) is 0 Å². The molecule has 2 heterocycles. The van der Waals surface area contributed by atoms with Gasteiger partial charge in [-0.05, 0) is 27.7 Å². The Morgan fingerprint density at radius 1 is 1.38 bits per heavy atom. The molecule has 0 aromatic carbocycles. The Bertz CT molecular complexity index is 271. The summed E-state index contributed by atoms with van der Waals surface area (Å²) < 4.78 is 30.6. The molecule has 2 fully saturated rings. The van der Waals surface area contributed by atoms with Crippen LogP contribution in [0.25, 0.3) is 0 Å². The second kappa shape index (κ2) is 4.61. The van der Waals surface area contributed by atoms with Gasteiger partial charge in [0.25, 0.3) is 0 Å². The summed E-state index contributed by atoms with van der Waals surface area (Å²) in [6.45, 7) is 8.14. The van der Waals surface area contributed by atoms with E-state index in [1.807, 2.05) is 27.7 Å². The van der Waals surface area contributed by atoms with Gasteiger partial charge in [-0.15, -0.1) is 0 Å². The lowest BCUT2D eigenvalue weighted by molar-refractivity contribution is -0.151. The standard InChI is InChI=1S/C12H22O4/c1-8(2)13-6-12-7-14-10(5-15-12)11(12)16-9(3)4/h8-11H,5-7H2,1-4H3/t10-,11?,12-/m1/s1/i5T/t5-,10+,11?,12+/m0. The molecular formula is C12H22O4. The summed E-state index contributed by atoms with van der Waals surface area (Å²) in [5, 5.41) is 0. The highest BCUT2D eigenvalue weighted by Crippen LogP contribution is 2.38. The fourth-order valence-electron chi connectivity index (χ4n) is 2.08. The number of rotatable bonds is 5. The van der Waals surface area contributed by atoms with E-state index in [0.717, 1.165) is 0 Å². The molecule has 4 nitrogen and oxygen atoms in total. The molecule has 0 spiro atoms. The van der Waals surface area contributed by atoms with Crippen LogP contribution in [0, 0.1) is 0 Å². The van der Waals surface area contributed by atoms with Crippen LogP contribution in [0.4, 0.5) is 0 Å². The predicted octanol–water partition coefficient (Wildman–Crippen LogP) is 1.37. The van der Waals surface area contributed by atoms with Crippen LogP contribution in [-0.4, -0.2) is 49.8 Å². The highest BCUT2D eigenvalue weighted by Gasteiger charge is 2.58. The first-order chi connectivity index (χ1) is 7.94. The second-order valence-electron chi connectivity index (χ2n) is 5.06. The van der Waals surface area contributed by atoms with Gasteiger partial charge >= 0.3 is 0 Å². The van der Waals surface area contributed by atoms with Crippen LogP contribution in [0.2, 0.25) is 0 Å². The number of hydrogen-bond acceptors (Lipinski definition) is 4. The van der Waals surface area contributed by atoms with Gasteiger partial charge in [-0.1, -0.05) is 0 Å². The molecule has 16 heavy (non-hydrogen) atoms. The van der Waals surface area contributed by atoms with E-state index in [1.54, 1.807) is 0 Å². The molecule has 0 amide bonds. The minimum absolute atomic E-state index is 0.0940. The molecule has 2 saturated heterocycles. The van der Waals surface area contributed by atoms with E-state index >= 15 is 0 Å². The van der Waals surface area contributed by atoms with Gasteiger partial charge < -0.3 is 18.9 Å². The summed E-state index contributed by atoms with van der Waals surface area (Å²) in [7, 11) is 0. The molecule has 4 atom stereocenters. The summed E-state index contributed by atoms with van der Waals surface area (Å²) in [4.78, 5) is 0. The van der Waals surface area contributed by atoms with Gasteiger partial charge in [-0.2, -0.15) is 0 Å². The molecule has 0 aromatic rings. The number of hydrogen-bond donors (Lipinski definition) is 0. The lowest BCUT2D eigenvalue weighted by Gasteiger charge is -2.30. The maximum Gasteiger partial charge on any atom is 0.143 e. The van der Waals surface area contributed by atoms with Crippen molar-refractivity contribution in [2.24, 2.45) is 0 Å². The quantitative estimate of drug-likeness (QED) is 0.717. The van der Waals surface area contributed by atoms with Crippen molar-refractivity contribution < 1.29 is 20.3 Å². The first-order valence-corrected chi connectivity index (χ1v) is 5.93. The normalized spacial score (nSPS) is 43.4. The Labute approximate surface area is 98.6 Å². The Morgan fingerprint density at radius 3 is 2.69 bits per heavy atom. The molecule has 2 bridgehead atoms. The van der Waals surface area contributed by atoms with Gasteiger partial charge in [0.1, 0.15) is 17.8 Å². The zero-order valence-corrected chi connectivity index (χ0v) is 10.4. The Balaban J connectivity index is 2.07. The highest BCUT2D eigenvalue weighted by atomic mass is 16.7. The van der Waals surface area contributed by atoms with E-state index in [2.05, 4.69) is 0 Å². The first-order valence-electron chi connectivity index (χ1n) is 6.51. The van der Waals surface area contributed by atoms with E-state index < -0.39 is 12.2 Å². The lowest BCUT2D eigenvalue weighted by atomic mass is 10.00. The van der Waals surface area contributed by atoms with Crippen molar-refractivity contribution in [3.63, 3.8) is 0 Å². The topological polar surface area (TPSA) is 36.9 Å². The van der Waals surface area contributed by atoms with Crippen molar-refractivity contribution in [1.29, 1.82) is 0 Å². The summed E-state index contributed by atoms with van der Waals surface area (Å²) in [5.41, 5.74) is -0.592. The van der Waals surface area contributed by atoms with E-state index in [0.29, 0.717) is 13.2 Å². The van der Waals surface area contributed by atoms with Gasteiger partial charge in [-0.25, -0.2) is 0 Å². The van der Waals surface area contributed by atoms with Crippen LogP contribution < -0.4 is 0 Å². The smallest absolute Gasteiger partial charge is 0.143 e. The zero-order chi connectivity index (χ0) is 12.6. The molecule has 2 rings (SSSR count). The van der Waals surface area contributed by atoms with Crippen molar-refractivity contribution in [2.75, 3.05) is 19.8 Å². The van der Waals surface area contributed by atoms with Gasteiger partial charge in [0, 0.05) is 0 Å².